The highest BCUT2D eigenvalue weighted by molar-refractivity contribution is 5.78. The van der Waals surface area contributed by atoms with Crippen LogP contribution in [0.4, 0.5) is 19.1 Å². The minimum absolute atomic E-state index is 0.167. The molecule has 1 aromatic heterocycles. The standard InChI is InChI=1S/C12H14F3N3O2/c1-7-3-2-6-18(9(7)10(19)20)11-16-5-4-8(17-11)12(13,14)15/h4-5,7,9H,2-3,6H2,1H3,(H,19,20). The molecule has 0 radical (unpaired) electrons. The van der Waals surface area contributed by atoms with Crippen molar-refractivity contribution in [2.45, 2.75) is 32.0 Å². The fraction of sp³-hybridized carbons (Fsp3) is 0.583. The summed E-state index contributed by atoms with van der Waals surface area (Å²) in [4.78, 5) is 19.9. The molecule has 0 aliphatic carbocycles. The molecule has 1 fully saturated rings. The minimum Gasteiger partial charge on any atom is -0.480 e. The van der Waals surface area contributed by atoms with Crippen LogP contribution in [-0.4, -0.2) is 33.6 Å². The predicted octanol–water partition coefficient (Wildman–Crippen LogP) is 2.18. The number of hydrogen-bond donors (Lipinski definition) is 1. The summed E-state index contributed by atoms with van der Waals surface area (Å²) in [5, 5.41) is 9.25. The number of rotatable bonds is 2. The quantitative estimate of drug-likeness (QED) is 0.904. The Balaban J connectivity index is 2.36. The molecule has 110 valence electrons. The highest BCUT2D eigenvalue weighted by Crippen LogP contribution is 2.30. The Labute approximate surface area is 113 Å². The van der Waals surface area contributed by atoms with Crippen LogP contribution in [0.1, 0.15) is 25.5 Å². The summed E-state index contributed by atoms with van der Waals surface area (Å²) < 4.78 is 37.9. The van der Waals surface area contributed by atoms with Gasteiger partial charge in [0.25, 0.3) is 0 Å². The Bertz CT molecular complexity index is 507. The number of aromatic nitrogens is 2. The number of hydrogen-bond acceptors (Lipinski definition) is 4. The molecule has 0 saturated carbocycles. The van der Waals surface area contributed by atoms with Crippen molar-refractivity contribution < 1.29 is 23.1 Å². The van der Waals surface area contributed by atoms with Crippen molar-refractivity contribution in [3.05, 3.63) is 18.0 Å². The molecule has 1 aliphatic rings. The number of nitrogens with zero attached hydrogens (tertiary/aromatic N) is 3. The van der Waals surface area contributed by atoms with E-state index >= 15 is 0 Å². The number of carbonyl (C=O) groups is 1. The lowest BCUT2D eigenvalue weighted by molar-refractivity contribution is -0.141. The molecule has 0 bridgehead atoms. The van der Waals surface area contributed by atoms with Gasteiger partial charge in [-0.3, -0.25) is 0 Å². The van der Waals surface area contributed by atoms with E-state index in [0.717, 1.165) is 12.3 Å². The molecule has 2 atom stereocenters. The van der Waals surface area contributed by atoms with E-state index < -0.39 is 23.9 Å². The van der Waals surface area contributed by atoms with E-state index in [2.05, 4.69) is 9.97 Å². The number of aliphatic carboxylic acids is 1. The monoisotopic (exact) mass is 289 g/mol. The van der Waals surface area contributed by atoms with Gasteiger partial charge in [0, 0.05) is 12.7 Å². The third-order valence-corrected chi connectivity index (χ3v) is 3.38. The first kappa shape index (κ1) is 14.5. The largest absolute Gasteiger partial charge is 0.480 e. The predicted molar refractivity (Wildman–Crippen MR) is 64.2 cm³/mol. The maximum Gasteiger partial charge on any atom is 0.433 e. The van der Waals surface area contributed by atoms with E-state index in [9.17, 15) is 23.1 Å². The highest BCUT2D eigenvalue weighted by Gasteiger charge is 2.38. The lowest BCUT2D eigenvalue weighted by Crippen LogP contribution is -2.50. The fourth-order valence-electron chi connectivity index (χ4n) is 2.43. The Morgan fingerprint density at radius 3 is 2.80 bits per heavy atom. The van der Waals surface area contributed by atoms with Crippen molar-refractivity contribution in [1.82, 2.24) is 9.97 Å². The average Bonchev–Trinajstić information content (AvgIpc) is 2.37. The lowest BCUT2D eigenvalue weighted by Gasteiger charge is -2.37. The molecular formula is C12H14F3N3O2. The molecule has 2 unspecified atom stereocenters. The first-order valence-corrected chi connectivity index (χ1v) is 6.20. The van der Waals surface area contributed by atoms with Crippen molar-refractivity contribution in [2.75, 3.05) is 11.4 Å². The van der Waals surface area contributed by atoms with Gasteiger partial charge >= 0.3 is 12.1 Å². The minimum atomic E-state index is -4.57. The zero-order chi connectivity index (χ0) is 14.9. The van der Waals surface area contributed by atoms with Crippen LogP contribution in [0.25, 0.3) is 0 Å². The van der Waals surface area contributed by atoms with Crippen LogP contribution >= 0.6 is 0 Å². The van der Waals surface area contributed by atoms with E-state index in [1.165, 1.54) is 4.90 Å². The van der Waals surface area contributed by atoms with E-state index in [4.69, 9.17) is 0 Å². The van der Waals surface area contributed by atoms with Gasteiger partial charge in [-0.2, -0.15) is 13.2 Å². The lowest BCUT2D eigenvalue weighted by atomic mass is 9.91. The fourth-order valence-corrected chi connectivity index (χ4v) is 2.43. The van der Waals surface area contributed by atoms with Crippen LogP contribution in [0, 0.1) is 5.92 Å². The second kappa shape index (κ2) is 5.26. The van der Waals surface area contributed by atoms with Crippen LogP contribution in [-0.2, 0) is 11.0 Å². The van der Waals surface area contributed by atoms with Crippen molar-refractivity contribution in [3.8, 4) is 0 Å². The second-order valence-electron chi connectivity index (χ2n) is 4.84. The van der Waals surface area contributed by atoms with Crippen LogP contribution in [0.3, 0.4) is 0 Å². The molecular weight excluding hydrogens is 275 g/mol. The molecule has 8 heteroatoms. The van der Waals surface area contributed by atoms with Gasteiger partial charge in [0.05, 0.1) is 0 Å². The van der Waals surface area contributed by atoms with Crippen molar-refractivity contribution in [3.63, 3.8) is 0 Å². The molecule has 20 heavy (non-hydrogen) atoms. The number of halogens is 3. The average molecular weight is 289 g/mol. The van der Waals surface area contributed by atoms with Crippen LogP contribution in [0.5, 0.6) is 0 Å². The Hall–Kier alpha value is -1.86. The smallest absolute Gasteiger partial charge is 0.433 e. The number of anilines is 1. The van der Waals surface area contributed by atoms with Gasteiger partial charge in [-0.1, -0.05) is 6.92 Å². The summed E-state index contributed by atoms with van der Waals surface area (Å²) in [6, 6.07) is -0.126. The number of alkyl halides is 3. The third kappa shape index (κ3) is 2.83. The summed E-state index contributed by atoms with van der Waals surface area (Å²) in [6.07, 6.45) is -2.15. The maximum absolute atomic E-state index is 12.6. The SMILES string of the molecule is CC1CCCN(c2nccc(C(F)(F)F)n2)C1C(=O)O. The molecule has 0 spiro atoms. The van der Waals surface area contributed by atoms with Crippen molar-refractivity contribution in [1.29, 1.82) is 0 Å². The molecule has 1 saturated heterocycles. The summed E-state index contributed by atoms with van der Waals surface area (Å²) in [7, 11) is 0. The maximum atomic E-state index is 12.6. The third-order valence-electron chi connectivity index (χ3n) is 3.38. The summed E-state index contributed by atoms with van der Waals surface area (Å²) in [5.74, 6) is -1.42. The van der Waals surface area contributed by atoms with Gasteiger partial charge in [0.1, 0.15) is 11.7 Å². The van der Waals surface area contributed by atoms with Crippen LogP contribution in [0.2, 0.25) is 0 Å². The Morgan fingerprint density at radius 1 is 1.50 bits per heavy atom. The zero-order valence-electron chi connectivity index (χ0n) is 10.8. The van der Waals surface area contributed by atoms with E-state index in [1.54, 1.807) is 6.92 Å². The molecule has 5 nitrogen and oxygen atoms in total. The number of carboxylic acid groups (broad SMARTS) is 1. The van der Waals surface area contributed by atoms with E-state index in [0.29, 0.717) is 19.4 Å². The summed E-state index contributed by atoms with van der Waals surface area (Å²) in [5.41, 5.74) is -1.06. The van der Waals surface area contributed by atoms with Crippen molar-refractivity contribution in [2.24, 2.45) is 5.92 Å². The van der Waals surface area contributed by atoms with Crippen LogP contribution in [0.15, 0.2) is 12.3 Å². The second-order valence-corrected chi connectivity index (χ2v) is 4.84. The summed E-state index contributed by atoms with van der Waals surface area (Å²) >= 11 is 0. The van der Waals surface area contributed by atoms with E-state index in [-0.39, 0.29) is 11.9 Å². The van der Waals surface area contributed by atoms with E-state index in [1.807, 2.05) is 0 Å². The molecule has 2 heterocycles. The molecule has 0 amide bonds. The number of piperidine rings is 1. The molecule has 0 aromatic carbocycles. The first-order chi connectivity index (χ1) is 9.30. The number of carboxylic acids is 1. The normalized spacial score (nSPS) is 23.7. The van der Waals surface area contributed by atoms with Crippen LogP contribution < -0.4 is 4.90 Å². The molecule has 1 aliphatic heterocycles. The first-order valence-electron chi connectivity index (χ1n) is 6.20. The highest BCUT2D eigenvalue weighted by atomic mass is 19.4. The van der Waals surface area contributed by atoms with Gasteiger partial charge in [-0.05, 0) is 24.8 Å². The Kier molecular flexibility index (Phi) is 3.82. The molecule has 1 N–H and O–H groups in total. The molecule has 2 rings (SSSR count). The van der Waals surface area contributed by atoms with Gasteiger partial charge < -0.3 is 10.0 Å². The van der Waals surface area contributed by atoms with Gasteiger partial charge in [0.15, 0.2) is 0 Å². The van der Waals surface area contributed by atoms with Crippen molar-refractivity contribution >= 4 is 11.9 Å². The zero-order valence-corrected chi connectivity index (χ0v) is 10.8. The Morgan fingerprint density at radius 2 is 2.20 bits per heavy atom. The van der Waals surface area contributed by atoms with Gasteiger partial charge in [-0.25, -0.2) is 14.8 Å². The summed E-state index contributed by atoms with van der Waals surface area (Å²) in [6.45, 7) is 2.10. The van der Waals surface area contributed by atoms with Gasteiger partial charge in [0.2, 0.25) is 5.95 Å². The van der Waals surface area contributed by atoms with Gasteiger partial charge in [-0.15, -0.1) is 0 Å². The topological polar surface area (TPSA) is 66.3 Å². The molecule has 1 aromatic rings.